The molecule has 0 spiro atoms. The molecule has 0 bridgehead atoms. The van der Waals surface area contributed by atoms with E-state index in [9.17, 15) is 9.59 Å². The minimum Gasteiger partial charge on any atom is -0.323 e. The van der Waals surface area contributed by atoms with E-state index in [4.69, 9.17) is 11.6 Å². The molecule has 1 aliphatic rings. The number of nitrogens with zero attached hydrogens (tertiary/aromatic N) is 1. The molecule has 6 heteroatoms. The molecule has 4 nitrogen and oxygen atoms in total. The third-order valence-electron chi connectivity index (χ3n) is 4.36. The first-order valence-corrected chi connectivity index (χ1v) is 8.34. The molecule has 0 radical (unpaired) electrons. The second-order valence-electron chi connectivity index (χ2n) is 6.01. The van der Waals surface area contributed by atoms with Crippen molar-refractivity contribution in [3.63, 3.8) is 0 Å². The lowest BCUT2D eigenvalue weighted by molar-refractivity contribution is -0.132. The Morgan fingerprint density at radius 2 is 2.00 bits per heavy atom. The van der Waals surface area contributed by atoms with E-state index in [2.05, 4.69) is 5.32 Å². The van der Waals surface area contributed by atoms with Gasteiger partial charge >= 0.3 is 6.03 Å². The number of amides is 3. The van der Waals surface area contributed by atoms with Crippen LogP contribution >= 0.6 is 22.9 Å². The number of carbonyl (C=O) groups is 2. The van der Waals surface area contributed by atoms with Gasteiger partial charge in [0.2, 0.25) is 0 Å². The van der Waals surface area contributed by atoms with Crippen LogP contribution in [-0.2, 0) is 11.3 Å². The van der Waals surface area contributed by atoms with E-state index in [-0.39, 0.29) is 24.4 Å². The fourth-order valence-corrected chi connectivity index (χ4v) is 4.04. The number of nitrogens with one attached hydrogen (secondary N) is 1. The van der Waals surface area contributed by atoms with Crippen molar-refractivity contribution in [1.29, 1.82) is 0 Å². The fraction of sp³-hybridized carbons (Fsp3) is 0.375. The van der Waals surface area contributed by atoms with Crippen molar-refractivity contribution in [2.45, 2.75) is 32.9 Å². The molecule has 1 unspecified atom stereocenters. The summed E-state index contributed by atoms with van der Waals surface area (Å²) in [6.07, 6.45) is 0. The van der Waals surface area contributed by atoms with Crippen LogP contribution in [0.15, 0.2) is 24.3 Å². The quantitative estimate of drug-likeness (QED) is 0.860. The van der Waals surface area contributed by atoms with Crippen molar-refractivity contribution in [1.82, 2.24) is 10.2 Å². The molecule has 3 amide bonds. The maximum absolute atomic E-state index is 12.6. The molecule has 3 rings (SSSR count). The maximum Gasteiger partial charge on any atom is 0.325 e. The summed E-state index contributed by atoms with van der Waals surface area (Å²) >= 11 is 7.92. The average molecular weight is 337 g/mol. The Balaban J connectivity index is 1.94. The molecule has 0 aliphatic carbocycles. The van der Waals surface area contributed by atoms with E-state index in [1.807, 2.05) is 38.1 Å². The van der Waals surface area contributed by atoms with Crippen molar-refractivity contribution in [2.24, 2.45) is 5.92 Å². The highest BCUT2D eigenvalue weighted by Gasteiger charge is 2.49. The highest BCUT2D eigenvalue weighted by atomic mass is 35.5. The Bertz CT molecular complexity index is 771. The molecule has 2 aromatic rings. The van der Waals surface area contributed by atoms with Gasteiger partial charge in [-0.2, -0.15) is 0 Å². The van der Waals surface area contributed by atoms with Gasteiger partial charge < -0.3 is 5.32 Å². The molecule has 22 heavy (non-hydrogen) atoms. The summed E-state index contributed by atoms with van der Waals surface area (Å²) in [5.74, 6) is -0.173. The lowest BCUT2D eigenvalue weighted by atomic mass is 9.88. The van der Waals surface area contributed by atoms with Gasteiger partial charge in [-0.1, -0.05) is 43.6 Å². The molecule has 1 N–H and O–H groups in total. The number of benzene rings is 1. The standard InChI is InChI=1S/C16H17ClN2O2S/c1-9(2)16(3)14(20)19(15(21)18-16)8-12-13(17)10-6-4-5-7-11(10)22-12/h4-7,9H,8H2,1-3H3,(H,18,21). The highest BCUT2D eigenvalue weighted by molar-refractivity contribution is 7.19. The van der Waals surface area contributed by atoms with Gasteiger partial charge in [-0.25, -0.2) is 4.79 Å². The van der Waals surface area contributed by atoms with Gasteiger partial charge in [0.25, 0.3) is 5.91 Å². The number of carbonyl (C=O) groups excluding carboxylic acids is 2. The average Bonchev–Trinajstić information content (AvgIpc) is 2.90. The summed E-state index contributed by atoms with van der Waals surface area (Å²) in [6, 6.07) is 7.45. The molecular weight excluding hydrogens is 320 g/mol. The van der Waals surface area contributed by atoms with E-state index in [1.54, 1.807) is 6.92 Å². The van der Waals surface area contributed by atoms with E-state index in [0.29, 0.717) is 5.02 Å². The molecule has 2 heterocycles. The summed E-state index contributed by atoms with van der Waals surface area (Å²) in [4.78, 5) is 26.9. The Morgan fingerprint density at radius 1 is 1.32 bits per heavy atom. The number of imide groups is 1. The van der Waals surface area contributed by atoms with Crippen LogP contribution in [0.1, 0.15) is 25.6 Å². The first-order chi connectivity index (χ1) is 10.3. The zero-order valence-electron chi connectivity index (χ0n) is 12.6. The van der Waals surface area contributed by atoms with Crippen LogP contribution in [0.25, 0.3) is 10.1 Å². The van der Waals surface area contributed by atoms with E-state index in [0.717, 1.165) is 15.0 Å². The number of urea groups is 1. The van der Waals surface area contributed by atoms with Crippen LogP contribution in [0, 0.1) is 5.92 Å². The molecule has 1 fully saturated rings. The minimum atomic E-state index is -0.847. The molecule has 1 aliphatic heterocycles. The van der Waals surface area contributed by atoms with Crippen molar-refractivity contribution in [3.8, 4) is 0 Å². The zero-order valence-corrected chi connectivity index (χ0v) is 14.2. The second-order valence-corrected chi connectivity index (χ2v) is 7.53. The molecule has 116 valence electrons. The van der Waals surface area contributed by atoms with Crippen LogP contribution < -0.4 is 5.32 Å². The van der Waals surface area contributed by atoms with Crippen LogP contribution in [0.3, 0.4) is 0 Å². The fourth-order valence-electron chi connectivity index (χ4n) is 2.56. The summed E-state index contributed by atoms with van der Waals surface area (Å²) in [6.45, 7) is 5.83. The number of hydrogen-bond donors (Lipinski definition) is 1. The number of hydrogen-bond acceptors (Lipinski definition) is 3. The Kier molecular flexibility index (Phi) is 3.65. The SMILES string of the molecule is CC(C)C1(C)NC(=O)N(Cc2sc3ccccc3c2Cl)C1=O. The van der Waals surface area contributed by atoms with Gasteiger partial charge in [0.15, 0.2) is 0 Å². The van der Waals surface area contributed by atoms with Crippen molar-refractivity contribution < 1.29 is 9.59 Å². The molecule has 1 aromatic carbocycles. The van der Waals surface area contributed by atoms with Gasteiger partial charge in [0.05, 0.1) is 11.6 Å². The summed E-state index contributed by atoms with van der Waals surface area (Å²) < 4.78 is 1.06. The van der Waals surface area contributed by atoms with Crippen LogP contribution in [0.5, 0.6) is 0 Å². The number of fused-ring (bicyclic) bond motifs is 1. The first-order valence-electron chi connectivity index (χ1n) is 7.14. The van der Waals surface area contributed by atoms with E-state index >= 15 is 0 Å². The first kappa shape index (κ1) is 15.3. The maximum atomic E-state index is 12.6. The normalized spacial score (nSPS) is 22.0. The number of thiophene rings is 1. The molecule has 1 saturated heterocycles. The molecule has 0 saturated carbocycles. The Labute approximate surface area is 138 Å². The Hall–Kier alpha value is -1.59. The third-order valence-corrected chi connectivity index (χ3v) is 6.06. The monoisotopic (exact) mass is 336 g/mol. The number of halogens is 1. The van der Waals surface area contributed by atoms with Crippen LogP contribution in [0.4, 0.5) is 4.79 Å². The van der Waals surface area contributed by atoms with Crippen LogP contribution in [0.2, 0.25) is 5.02 Å². The molecular formula is C16H17ClN2O2S. The predicted octanol–water partition coefficient (Wildman–Crippen LogP) is 4.02. The summed E-state index contributed by atoms with van der Waals surface area (Å²) in [5, 5.41) is 4.39. The minimum absolute atomic E-state index is 0.0202. The number of rotatable bonds is 3. The van der Waals surface area contributed by atoms with Crippen LogP contribution in [-0.4, -0.2) is 22.4 Å². The summed E-state index contributed by atoms with van der Waals surface area (Å²) in [7, 11) is 0. The van der Waals surface area contributed by atoms with Crippen molar-refractivity contribution >= 4 is 45.0 Å². The highest BCUT2D eigenvalue weighted by Crippen LogP contribution is 2.37. The predicted molar refractivity (Wildman–Crippen MR) is 89.2 cm³/mol. The third kappa shape index (κ3) is 2.20. The lowest BCUT2D eigenvalue weighted by Crippen LogP contribution is -2.48. The van der Waals surface area contributed by atoms with Gasteiger partial charge in [-0.3, -0.25) is 9.69 Å². The second kappa shape index (κ2) is 5.25. The smallest absolute Gasteiger partial charge is 0.323 e. The lowest BCUT2D eigenvalue weighted by Gasteiger charge is -2.25. The van der Waals surface area contributed by atoms with Gasteiger partial charge in [0.1, 0.15) is 5.54 Å². The topological polar surface area (TPSA) is 49.4 Å². The van der Waals surface area contributed by atoms with E-state index < -0.39 is 5.54 Å². The summed E-state index contributed by atoms with van der Waals surface area (Å²) in [5.41, 5.74) is -0.847. The van der Waals surface area contributed by atoms with Gasteiger partial charge in [0, 0.05) is 15.0 Å². The van der Waals surface area contributed by atoms with E-state index in [1.165, 1.54) is 16.2 Å². The van der Waals surface area contributed by atoms with Gasteiger partial charge in [-0.05, 0) is 18.9 Å². The van der Waals surface area contributed by atoms with Crippen molar-refractivity contribution in [2.75, 3.05) is 0 Å². The Morgan fingerprint density at radius 3 is 2.59 bits per heavy atom. The molecule has 1 aromatic heterocycles. The molecule has 1 atom stereocenters. The van der Waals surface area contributed by atoms with Crippen molar-refractivity contribution in [3.05, 3.63) is 34.2 Å². The van der Waals surface area contributed by atoms with Gasteiger partial charge in [-0.15, -0.1) is 11.3 Å². The largest absolute Gasteiger partial charge is 0.325 e. The zero-order chi connectivity index (χ0) is 16.1.